The van der Waals surface area contributed by atoms with Gasteiger partial charge in [0.2, 0.25) is 0 Å². The Hall–Kier alpha value is -0.210. The van der Waals surface area contributed by atoms with Crippen LogP contribution in [-0.2, 0) is 13.7 Å². The van der Waals surface area contributed by atoms with Crippen molar-refractivity contribution in [2.45, 2.75) is 31.9 Å². The highest BCUT2D eigenvalue weighted by molar-refractivity contribution is 8.81. The number of aliphatic carboxylic acids is 1. The fraction of sp³-hybridized carbons (Fsp3) is 0.750. The quantitative estimate of drug-likeness (QED) is 0.591. The molecule has 0 fully saturated rings. The molecule has 1 atom stereocenters. The van der Waals surface area contributed by atoms with E-state index >= 15 is 0 Å². The molecule has 0 aliphatic carbocycles. The van der Waals surface area contributed by atoms with Crippen LogP contribution in [0.4, 0.5) is 4.79 Å². The molecule has 1 N–H and O–H groups in total. The lowest BCUT2D eigenvalue weighted by Crippen LogP contribution is -2.17. The van der Waals surface area contributed by atoms with Crippen LogP contribution in [0.25, 0.3) is 0 Å². The second-order valence-electron chi connectivity index (χ2n) is 2.98. The molecule has 0 aliphatic rings. The maximum Gasteiger partial charge on any atom is 0.317 e. The maximum absolute atomic E-state index is 11.4. The van der Waals surface area contributed by atoms with E-state index in [-0.39, 0.29) is 10.8 Å². The molecule has 0 amide bonds. The zero-order chi connectivity index (χ0) is 12.8. The van der Waals surface area contributed by atoms with Gasteiger partial charge in [0.15, 0.2) is 0 Å². The van der Waals surface area contributed by atoms with Gasteiger partial charge in [-0.05, 0) is 24.1 Å². The molecule has 0 heterocycles. The molecule has 5 nitrogen and oxygen atoms in total. The maximum atomic E-state index is 11.4. The molecule has 0 aromatic rings. The van der Waals surface area contributed by atoms with E-state index in [4.69, 9.17) is 5.11 Å². The number of carboxylic acid groups (broad SMARTS) is 1. The van der Waals surface area contributed by atoms with Crippen molar-refractivity contribution in [3.05, 3.63) is 0 Å². The van der Waals surface area contributed by atoms with Gasteiger partial charge in [-0.25, -0.2) is 8.42 Å². The first-order chi connectivity index (χ1) is 7.31. The lowest BCUT2D eigenvalue weighted by molar-refractivity contribution is -0.136. The summed E-state index contributed by atoms with van der Waals surface area (Å²) in [4.78, 5) is 21.7. The fourth-order valence-electron chi connectivity index (χ4n) is 0.642. The van der Waals surface area contributed by atoms with Crippen LogP contribution >= 0.6 is 22.6 Å². The zero-order valence-electron chi connectivity index (χ0n) is 9.00. The first-order valence-electron chi connectivity index (χ1n) is 4.64. The van der Waals surface area contributed by atoms with Crippen LogP contribution in [-0.4, -0.2) is 34.9 Å². The van der Waals surface area contributed by atoms with Gasteiger partial charge in [0.25, 0.3) is 8.87 Å². The van der Waals surface area contributed by atoms with Gasteiger partial charge in [-0.2, -0.15) is 0 Å². The zero-order valence-corrected chi connectivity index (χ0v) is 11.5. The van der Waals surface area contributed by atoms with E-state index in [2.05, 4.69) is 0 Å². The number of carbonyl (C=O) groups excluding carboxylic acids is 1. The Morgan fingerprint density at radius 2 is 1.94 bits per heavy atom. The summed E-state index contributed by atoms with van der Waals surface area (Å²) in [7, 11) is -3.85. The third-order valence-corrected chi connectivity index (χ3v) is 6.83. The van der Waals surface area contributed by atoms with Crippen molar-refractivity contribution in [1.29, 1.82) is 0 Å². The standard InChI is InChI=1S/C8H14O5S3/c1-3-4-5-14-8(11)16(12,13)15-6(2)7(9)10/h6H,3-5H2,1-2H3,(H,9,10). The second-order valence-corrected chi connectivity index (χ2v) is 8.38. The van der Waals surface area contributed by atoms with Crippen molar-refractivity contribution in [2.75, 3.05) is 5.75 Å². The Kier molecular flexibility index (Phi) is 7.09. The predicted octanol–water partition coefficient (Wildman–Crippen LogP) is 2.18. The molecular weight excluding hydrogens is 272 g/mol. The molecule has 16 heavy (non-hydrogen) atoms. The summed E-state index contributed by atoms with van der Waals surface area (Å²) >= 11 is 0.721. The van der Waals surface area contributed by atoms with E-state index in [1.807, 2.05) is 6.92 Å². The van der Waals surface area contributed by atoms with Gasteiger partial charge in [0, 0.05) is 5.75 Å². The van der Waals surface area contributed by atoms with Crippen LogP contribution in [0.2, 0.25) is 0 Å². The summed E-state index contributed by atoms with van der Waals surface area (Å²) in [6.07, 6.45) is 1.63. The van der Waals surface area contributed by atoms with Crippen molar-refractivity contribution in [2.24, 2.45) is 0 Å². The van der Waals surface area contributed by atoms with Gasteiger partial charge < -0.3 is 5.11 Å². The van der Waals surface area contributed by atoms with Crippen molar-refractivity contribution in [3.8, 4) is 0 Å². The molecule has 0 saturated carbocycles. The fourth-order valence-corrected chi connectivity index (χ4v) is 5.02. The highest BCUT2D eigenvalue weighted by Gasteiger charge is 2.28. The normalized spacial score (nSPS) is 13.4. The highest BCUT2D eigenvalue weighted by Crippen LogP contribution is 2.26. The Morgan fingerprint density at radius 1 is 1.38 bits per heavy atom. The molecule has 0 bridgehead atoms. The summed E-state index contributed by atoms with van der Waals surface area (Å²) in [6, 6.07) is 0. The summed E-state index contributed by atoms with van der Waals surface area (Å²) in [5.41, 5.74) is 0. The number of rotatable bonds is 6. The molecule has 1 unspecified atom stereocenters. The van der Waals surface area contributed by atoms with E-state index in [1.165, 1.54) is 6.92 Å². The van der Waals surface area contributed by atoms with Crippen molar-refractivity contribution >= 4 is 41.8 Å². The topological polar surface area (TPSA) is 88.5 Å². The lowest BCUT2D eigenvalue weighted by Gasteiger charge is -2.05. The van der Waals surface area contributed by atoms with E-state index < -0.39 is 24.5 Å². The molecule has 0 aromatic carbocycles. The van der Waals surface area contributed by atoms with Crippen LogP contribution in [0.1, 0.15) is 26.7 Å². The van der Waals surface area contributed by atoms with Gasteiger partial charge in [-0.15, -0.1) is 0 Å². The number of hydrogen-bond acceptors (Lipinski definition) is 6. The van der Waals surface area contributed by atoms with Gasteiger partial charge in [0.1, 0.15) is 5.25 Å². The molecule has 94 valence electrons. The summed E-state index contributed by atoms with van der Waals surface area (Å²) in [6.45, 7) is 3.16. The van der Waals surface area contributed by atoms with Crippen LogP contribution in [0, 0.1) is 0 Å². The minimum absolute atomic E-state index is 0.178. The van der Waals surface area contributed by atoms with Gasteiger partial charge >= 0.3 is 10.4 Å². The van der Waals surface area contributed by atoms with Crippen molar-refractivity contribution in [3.63, 3.8) is 0 Å². The monoisotopic (exact) mass is 286 g/mol. The van der Waals surface area contributed by atoms with E-state index in [1.54, 1.807) is 0 Å². The van der Waals surface area contributed by atoms with Crippen LogP contribution in [0.15, 0.2) is 0 Å². The Bertz CT molecular complexity index is 349. The average molecular weight is 286 g/mol. The average Bonchev–Trinajstić information content (AvgIpc) is 2.17. The molecular formula is C8H14O5S3. The van der Waals surface area contributed by atoms with Gasteiger partial charge in [0.05, 0.1) is 0 Å². The molecule has 0 saturated heterocycles. The van der Waals surface area contributed by atoms with Crippen LogP contribution in [0.5, 0.6) is 0 Å². The van der Waals surface area contributed by atoms with Crippen LogP contribution < -0.4 is 0 Å². The number of carboxylic acids is 1. The third-order valence-electron chi connectivity index (χ3n) is 1.54. The van der Waals surface area contributed by atoms with Crippen molar-refractivity contribution < 1.29 is 23.1 Å². The number of thioether (sulfide) groups is 1. The predicted molar refractivity (Wildman–Crippen MR) is 66.4 cm³/mol. The Balaban J connectivity index is 4.32. The molecule has 0 spiro atoms. The lowest BCUT2D eigenvalue weighted by atomic mass is 10.4. The Labute approximate surface area is 103 Å². The molecule has 0 aliphatic heterocycles. The van der Waals surface area contributed by atoms with E-state index in [0.717, 1.165) is 24.6 Å². The minimum Gasteiger partial charge on any atom is -0.480 e. The molecule has 0 radical (unpaired) electrons. The second kappa shape index (κ2) is 7.18. The smallest absolute Gasteiger partial charge is 0.317 e. The molecule has 8 heteroatoms. The number of hydrogen-bond donors (Lipinski definition) is 1. The van der Waals surface area contributed by atoms with E-state index in [0.29, 0.717) is 5.75 Å². The first kappa shape index (κ1) is 15.8. The van der Waals surface area contributed by atoms with E-state index in [9.17, 15) is 18.0 Å². The van der Waals surface area contributed by atoms with Gasteiger partial charge in [-0.3, -0.25) is 9.59 Å². The summed E-state index contributed by atoms with van der Waals surface area (Å²) in [5, 5.41) is 7.40. The SMILES string of the molecule is CCCCSC(=O)S(=O)(=O)SC(C)C(=O)O. The summed E-state index contributed by atoms with van der Waals surface area (Å²) in [5.74, 6) is -0.809. The molecule has 0 aromatic heterocycles. The Morgan fingerprint density at radius 3 is 2.38 bits per heavy atom. The highest BCUT2D eigenvalue weighted by atomic mass is 33.1. The largest absolute Gasteiger partial charge is 0.480 e. The molecule has 0 rings (SSSR count). The summed E-state index contributed by atoms with van der Waals surface area (Å²) < 4.78 is 21.8. The number of unbranched alkanes of at least 4 members (excludes halogenated alkanes) is 1. The third kappa shape index (κ3) is 5.76. The van der Waals surface area contributed by atoms with Gasteiger partial charge in [-0.1, -0.05) is 25.1 Å². The number of carbonyl (C=O) groups is 2. The van der Waals surface area contributed by atoms with Crippen LogP contribution in [0.3, 0.4) is 0 Å². The minimum atomic E-state index is -4.03. The first-order valence-corrected chi connectivity index (χ1v) is 8.50. The van der Waals surface area contributed by atoms with Crippen molar-refractivity contribution in [1.82, 2.24) is 0 Å².